The number of nitrogens with one attached hydrogen (secondary N) is 1. The molecule has 0 aliphatic rings. The smallest absolute Gasteiger partial charge is 0.241 e. The van der Waals surface area contributed by atoms with Gasteiger partial charge < -0.3 is 5.73 Å². The predicted molar refractivity (Wildman–Crippen MR) is 84.1 cm³/mol. The van der Waals surface area contributed by atoms with E-state index in [2.05, 4.69) is 18.6 Å². The molecule has 0 fully saturated rings. The van der Waals surface area contributed by atoms with Crippen LogP contribution in [0.3, 0.4) is 0 Å². The van der Waals surface area contributed by atoms with Crippen molar-refractivity contribution in [2.75, 3.05) is 5.73 Å². The molecule has 0 saturated carbocycles. The molecule has 0 heterocycles. The lowest BCUT2D eigenvalue weighted by atomic mass is 10.0. The Labute approximate surface area is 122 Å². The summed E-state index contributed by atoms with van der Waals surface area (Å²) in [6, 6.07) is 4.88. The summed E-state index contributed by atoms with van der Waals surface area (Å²) in [6.45, 7) is 8.02. The van der Waals surface area contributed by atoms with Crippen molar-refractivity contribution in [3.63, 3.8) is 0 Å². The first-order chi connectivity index (χ1) is 9.22. The maximum Gasteiger partial charge on any atom is 0.241 e. The van der Waals surface area contributed by atoms with E-state index in [1.165, 1.54) is 6.07 Å². The molecular weight excluding hydrogens is 272 g/mol. The molecular formula is C15H26N2O2S. The highest BCUT2D eigenvalue weighted by atomic mass is 32.2. The van der Waals surface area contributed by atoms with Crippen LogP contribution >= 0.6 is 0 Å². The Hall–Kier alpha value is -1.07. The molecule has 0 aromatic heterocycles. The van der Waals surface area contributed by atoms with E-state index < -0.39 is 10.0 Å². The number of hydrogen-bond acceptors (Lipinski definition) is 3. The number of aryl methyl sites for hydroxylation is 1. The van der Waals surface area contributed by atoms with Crippen LogP contribution in [0.1, 0.15) is 45.6 Å². The Kier molecular flexibility index (Phi) is 6.02. The van der Waals surface area contributed by atoms with E-state index in [-0.39, 0.29) is 10.9 Å². The summed E-state index contributed by atoms with van der Waals surface area (Å²) in [5, 5.41) is 0. The number of anilines is 1. The van der Waals surface area contributed by atoms with Gasteiger partial charge in [-0.1, -0.05) is 32.8 Å². The number of rotatable bonds is 7. The van der Waals surface area contributed by atoms with Crippen LogP contribution in [-0.4, -0.2) is 14.5 Å². The molecule has 1 atom stereocenters. The minimum absolute atomic E-state index is 0.0698. The standard InChI is InChI=1S/C15H26N2O2S/c1-11(2)6-5-7-13(4)17-20(18,19)15-10-14(16)9-8-12(15)3/h8-11,13,17H,5-7,16H2,1-4H3. The lowest BCUT2D eigenvalue weighted by molar-refractivity contribution is 0.488. The molecule has 114 valence electrons. The monoisotopic (exact) mass is 298 g/mol. The van der Waals surface area contributed by atoms with Gasteiger partial charge in [0.15, 0.2) is 0 Å². The van der Waals surface area contributed by atoms with Crippen molar-refractivity contribution in [1.82, 2.24) is 4.72 Å². The summed E-state index contributed by atoms with van der Waals surface area (Å²) in [5.74, 6) is 0.648. The quantitative estimate of drug-likeness (QED) is 0.760. The van der Waals surface area contributed by atoms with Crippen LogP contribution in [0.25, 0.3) is 0 Å². The van der Waals surface area contributed by atoms with E-state index in [0.717, 1.165) is 19.3 Å². The lowest BCUT2D eigenvalue weighted by Crippen LogP contribution is -2.33. The van der Waals surface area contributed by atoms with Gasteiger partial charge in [-0.05, 0) is 43.9 Å². The average molecular weight is 298 g/mol. The van der Waals surface area contributed by atoms with Crippen molar-refractivity contribution in [2.24, 2.45) is 5.92 Å². The van der Waals surface area contributed by atoms with Crippen molar-refractivity contribution < 1.29 is 8.42 Å². The average Bonchev–Trinajstić information content (AvgIpc) is 2.31. The summed E-state index contributed by atoms with van der Waals surface area (Å²) < 4.78 is 27.4. The van der Waals surface area contributed by atoms with E-state index >= 15 is 0 Å². The largest absolute Gasteiger partial charge is 0.399 e. The van der Waals surface area contributed by atoms with Crippen molar-refractivity contribution in [1.29, 1.82) is 0 Å². The Morgan fingerprint density at radius 3 is 2.45 bits per heavy atom. The molecule has 0 aliphatic heterocycles. The molecule has 1 aromatic rings. The first kappa shape index (κ1) is 17.0. The number of nitrogens with two attached hydrogens (primary N) is 1. The molecule has 0 saturated heterocycles. The molecule has 0 amide bonds. The minimum atomic E-state index is -3.49. The van der Waals surface area contributed by atoms with E-state index in [0.29, 0.717) is 17.2 Å². The molecule has 3 N–H and O–H groups in total. The molecule has 1 unspecified atom stereocenters. The zero-order valence-corrected chi connectivity index (χ0v) is 13.6. The highest BCUT2D eigenvalue weighted by Gasteiger charge is 2.19. The number of sulfonamides is 1. The fourth-order valence-corrected chi connectivity index (χ4v) is 3.68. The van der Waals surface area contributed by atoms with Crippen molar-refractivity contribution in [2.45, 2.75) is 57.9 Å². The van der Waals surface area contributed by atoms with Gasteiger partial charge in [-0.3, -0.25) is 0 Å². The number of nitrogen functional groups attached to an aromatic ring is 1. The van der Waals surface area contributed by atoms with Crippen LogP contribution in [0.5, 0.6) is 0 Å². The summed E-state index contributed by atoms with van der Waals surface area (Å²) in [4.78, 5) is 0.271. The molecule has 5 heteroatoms. The SMILES string of the molecule is Cc1ccc(N)cc1S(=O)(=O)NC(C)CCCC(C)C. The second kappa shape index (κ2) is 7.09. The Morgan fingerprint density at radius 1 is 1.20 bits per heavy atom. The van der Waals surface area contributed by atoms with Crippen LogP contribution in [0, 0.1) is 12.8 Å². The van der Waals surface area contributed by atoms with Crippen molar-refractivity contribution in [3.8, 4) is 0 Å². The van der Waals surface area contributed by atoms with Gasteiger partial charge in [0.05, 0.1) is 4.90 Å². The topological polar surface area (TPSA) is 72.2 Å². The van der Waals surface area contributed by atoms with Gasteiger partial charge in [0.2, 0.25) is 10.0 Å². The van der Waals surface area contributed by atoms with Gasteiger partial charge in [0.25, 0.3) is 0 Å². The van der Waals surface area contributed by atoms with Crippen LogP contribution in [0.15, 0.2) is 23.1 Å². The fourth-order valence-electron chi connectivity index (χ4n) is 2.13. The van der Waals surface area contributed by atoms with Gasteiger partial charge in [0, 0.05) is 11.7 Å². The maximum absolute atomic E-state index is 12.3. The molecule has 0 aliphatic carbocycles. The molecule has 1 rings (SSSR count). The molecule has 4 nitrogen and oxygen atoms in total. The normalized spacial score (nSPS) is 13.7. The number of benzene rings is 1. The van der Waals surface area contributed by atoms with Crippen molar-refractivity contribution >= 4 is 15.7 Å². The Bertz CT molecular complexity index is 539. The zero-order valence-electron chi connectivity index (χ0n) is 12.8. The summed E-state index contributed by atoms with van der Waals surface area (Å²) >= 11 is 0. The van der Waals surface area contributed by atoms with Gasteiger partial charge in [-0.25, -0.2) is 13.1 Å². The predicted octanol–water partition coefficient (Wildman–Crippen LogP) is 3.07. The highest BCUT2D eigenvalue weighted by molar-refractivity contribution is 7.89. The van der Waals surface area contributed by atoms with Gasteiger partial charge in [0.1, 0.15) is 0 Å². The molecule has 20 heavy (non-hydrogen) atoms. The third kappa shape index (κ3) is 5.13. The fraction of sp³-hybridized carbons (Fsp3) is 0.600. The maximum atomic E-state index is 12.3. The molecule has 0 spiro atoms. The summed E-state index contributed by atoms with van der Waals surface area (Å²) in [6.07, 6.45) is 2.99. The van der Waals surface area contributed by atoms with Gasteiger partial charge in [-0.15, -0.1) is 0 Å². The van der Waals surface area contributed by atoms with E-state index in [1.807, 2.05) is 6.92 Å². The minimum Gasteiger partial charge on any atom is -0.399 e. The first-order valence-electron chi connectivity index (χ1n) is 7.11. The van der Waals surface area contributed by atoms with Crippen LogP contribution in [0.4, 0.5) is 5.69 Å². The molecule has 1 aromatic carbocycles. The van der Waals surface area contributed by atoms with E-state index in [9.17, 15) is 8.42 Å². The van der Waals surface area contributed by atoms with Gasteiger partial charge >= 0.3 is 0 Å². The Balaban J connectivity index is 2.72. The van der Waals surface area contributed by atoms with E-state index in [1.54, 1.807) is 19.1 Å². The molecule has 0 bridgehead atoms. The zero-order chi connectivity index (χ0) is 15.3. The third-order valence-corrected chi connectivity index (χ3v) is 5.01. The van der Waals surface area contributed by atoms with Crippen LogP contribution in [-0.2, 0) is 10.0 Å². The second-order valence-electron chi connectivity index (χ2n) is 5.87. The summed E-state index contributed by atoms with van der Waals surface area (Å²) in [5.41, 5.74) is 6.85. The highest BCUT2D eigenvalue weighted by Crippen LogP contribution is 2.19. The van der Waals surface area contributed by atoms with Crippen molar-refractivity contribution in [3.05, 3.63) is 23.8 Å². The van der Waals surface area contributed by atoms with Crippen LogP contribution in [0.2, 0.25) is 0 Å². The second-order valence-corrected chi connectivity index (χ2v) is 7.55. The van der Waals surface area contributed by atoms with E-state index in [4.69, 9.17) is 5.73 Å². The third-order valence-electron chi connectivity index (χ3n) is 3.28. The van der Waals surface area contributed by atoms with Crippen LogP contribution < -0.4 is 10.5 Å². The molecule has 0 radical (unpaired) electrons. The lowest BCUT2D eigenvalue weighted by Gasteiger charge is -2.16. The first-order valence-corrected chi connectivity index (χ1v) is 8.59. The Morgan fingerprint density at radius 2 is 1.85 bits per heavy atom. The summed E-state index contributed by atoms with van der Waals surface area (Å²) in [7, 11) is -3.49. The number of hydrogen-bond donors (Lipinski definition) is 2. The van der Waals surface area contributed by atoms with Gasteiger partial charge in [-0.2, -0.15) is 0 Å².